The number of carbonyl (C=O) groups is 2. The summed E-state index contributed by atoms with van der Waals surface area (Å²) in [6.07, 6.45) is 5.76. The molecule has 0 unspecified atom stereocenters. The van der Waals surface area contributed by atoms with E-state index in [1.807, 2.05) is 0 Å². The van der Waals surface area contributed by atoms with Gasteiger partial charge >= 0.3 is 6.03 Å². The van der Waals surface area contributed by atoms with Gasteiger partial charge in [-0.25, -0.2) is 4.79 Å². The van der Waals surface area contributed by atoms with Gasteiger partial charge in [-0.1, -0.05) is 12.2 Å². The number of nitrogens with zero attached hydrogens (tertiary/aromatic N) is 1. The summed E-state index contributed by atoms with van der Waals surface area (Å²) in [5.41, 5.74) is 1.23. The van der Waals surface area contributed by atoms with Crippen LogP contribution >= 0.6 is 0 Å². The van der Waals surface area contributed by atoms with Crippen molar-refractivity contribution in [3.63, 3.8) is 0 Å². The van der Waals surface area contributed by atoms with Crippen molar-refractivity contribution >= 4 is 17.6 Å². The fraction of sp³-hybridized carbons (Fsp3) is 0.333. The first-order valence-electron chi connectivity index (χ1n) is 7.80. The lowest BCUT2D eigenvalue weighted by Crippen LogP contribution is -2.31. The summed E-state index contributed by atoms with van der Waals surface area (Å²) in [6.45, 7) is 8.97. The van der Waals surface area contributed by atoms with Crippen LogP contribution in [-0.2, 0) is 0 Å². The van der Waals surface area contributed by atoms with Crippen molar-refractivity contribution in [3.05, 3.63) is 55.1 Å². The Morgan fingerprint density at radius 2 is 1.74 bits per heavy atom. The molecule has 2 N–H and O–H groups in total. The third-order valence-corrected chi connectivity index (χ3v) is 3.62. The molecule has 3 amide bonds. The minimum absolute atomic E-state index is 0.0884. The maximum atomic E-state index is 12.4. The van der Waals surface area contributed by atoms with Crippen molar-refractivity contribution in [2.24, 2.45) is 5.92 Å². The quantitative estimate of drug-likeness (QED) is 0.725. The molecule has 0 bridgehead atoms. The Labute approximate surface area is 137 Å². The molecule has 0 aliphatic heterocycles. The number of benzene rings is 1. The molecule has 0 heterocycles. The van der Waals surface area contributed by atoms with E-state index < -0.39 is 0 Å². The van der Waals surface area contributed by atoms with Gasteiger partial charge in [-0.3, -0.25) is 4.79 Å². The predicted octanol–water partition coefficient (Wildman–Crippen LogP) is 3.03. The van der Waals surface area contributed by atoms with E-state index in [0.717, 1.165) is 6.54 Å². The smallest absolute Gasteiger partial charge is 0.319 e. The third-order valence-electron chi connectivity index (χ3n) is 3.62. The van der Waals surface area contributed by atoms with E-state index in [1.165, 1.54) is 12.8 Å². The molecule has 0 spiro atoms. The molecule has 0 radical (unpaired) electrons. The zero-order valence-corrected chi connectivity index (χ0v) is 13.3. The Bertz CT molecular complexity index is 566. The maximum absolute atomic E-state index is 12.4. The molecule has 0 aromatic heterocycles. The second-order valence-electron chi connectivity index (χ2n) is 5.64. The van der Waals surface area contributed by atoms with E-state index >= 15 is 0 Å². The molecule has 1 saturated carbocycles. The Morgan fingerprint density at radius 3 is 2.26 bits per heavy atom. The number of anilines is 1. The first-order chi connectivity index (χ1) is 11.1. The molecule has 1 aromatic rings. The van der Waals surface area contributed by atoms with Gasteiger partial charge in [0, 0.05) is 30.9 Å². The highest BCUT2D eigenvalue weighted by Gasteiger charge is 2.21. The number of hydrogen-bond acceptors (Lipinski definition) is 2. The summed E-state index contributed by atoms with van der Waals surface area (Å²) < 4.78 is 0. The molecule has 5 heteroatoms. The van der Waals surface area contributed by atoms with Crippen molar-refractivity contribution in [1.82, 2.24) is 10.2 Å². The zero-order valence-electron chi connectivity index (χ0n) is 13.3. The molecule has 1 aromatic carbocycles. The minimum atomic E-state index is -0.212. The minimum Gasteiger partial charge on any atom is -0.338 e. The van der Waals surface area contributed by atoms with Gasteiger partial charge in [-0.05, 0) is 43.0 Å². The Balaban J connectivity index is 1.91. The van der Waals surface area contributed by atoms with Crippen LogP contribution in [0.3, 0.4) is 0 Å². The molecule has 0 atom stereocenters. The van der Waals surface area contributed by atoms with Crippen LogP contribution < -0.4 is 10.6 Å². The van der Waals surface area contributed by atoms with Crippen LogP contribution in [0.25, 0.3) is 0 Å². The molecule has 23 heavy (non-hydrogen) atoms. The van der Waals surface area contributed by atoms with Gasteiger partial charge in [0.25, 0.3) is 5.91 Å². The second kappa shape index (κ2) is 8.17. The summed E-state index contributed by atoms with van der Waals surface area (Å²) in [4.78, 5) is 25.7. The maximum Gasteiger partial charge on any atom is 0.319 e. The van der Waals surface area contributed by atoms with Crippen molar-refractivity contribution in [2.45, 2.75) is 12.8 Å². The number of nitrogens with one attached hydrogen (secondary N) is 2. The Hall–Kier alpha value is -2.56. The summed E-state index contributed by atoms with van der Waals surface area (Å²) in [6, 6.07) is 6.65. The summed E-state index contributed by atoms with van der Waals surface area (Å²) in [7, 11) is 0. The van der Waals surface area contributed by atoms with Crippen molar-refractivity contribution in [2.75, 3.05) is 25.0 Å². The van der Waals surface area contributed by atoms with E-state index in [4.69, 9.17) is 0 Å². The van der Waals surface area contributed by atoms with Crippen LogP contribution in [0.2, 0.25) is 0 Å². The van der Waals surface area contributed by atoms with Crippen molar-refractivity contribution in [3.8, 4) is 0 Å². The van der Waals surface area contributed by atoms with Crippen molar-refractivity contribution in [1.29, 1.82) is 0 Å². The first kappa shape index (κ1) is 16.8. The van der Waals surface area contributed by atoms with Gasteiger partial charge in [-0.2, -0.15) is 0 Å². The Kier molecular flexibility index (Phi) is 5.97. The first-order valence-corrected chi connectivity index (χ1v) is 7.80. The van der Waals surface area contributed by atoms with E-state index in [1.54, 1.807) is 41.3 Å². The number of amides is 3. The fourth-order valence-corrected chi connectivity index (χ4v) is 2.17. The fourth-order valence-electron chi connectivity index (χ4n) is 2.17. The van der Waals surface area contributed by atoms with Gasteiger partial charge < -0.3 is 15.5 Å². The van der Waals surface area contributed by atoms with Crippen LogP contribution in [0.5, 0.6) is 0 Å². The third kappa shape index (κ3) is 5.29. The zero-order chi connectivity index (χ0) is 16.7. The topological polar surface area (TPSA) is 61.4 Å². The summed E-state index contributed by atoms with van der Waals surface area (Å²) >= 11 is 0. The monoisotopic (exact) mass is 313 g/mol. The van der Waals surface area contributed by atoms with E-state index in [-0.39, 0.29) is 11.9 Å². The summed E-state index contributed by atoms with van der Waals surface area (Å²) in [5.74, 6) is 0.552. The highest BCUT2D eigenvalue weighted by Crippen LogP contribution is 2.27. The van der Waals surface area contributed by atoms with Crippen LogP contribution in [0, 0.1) is 5.92 Å². The average Bonchev–Trinajstić information content (AvgIpc) is 3.37. The van der Waals surface area contributed by atoms with Gasteiger partial charge in [0.05, 0.1) is 0 Å². The highest BCUT2D eigenvalue weighted by atomic mass is 16.2. The normalized spacial score (nSPS) is 13.0. The van der Waals surface area contributed by atoms with Gasteiger partial charge in [0.15, 0.2) is 0 Å². The molecular formula is C18H23N3O2. The lowest BCUT2D eigenvalue weighted by molar-refractivity contribution is 0.0791. The van der Waals surface area contributed by atoms with Gasteiger partial charge in [0.1, 0.15) is 0 Å². The highest BCUT2D eigenvalue weighted by molar-refractivity contribution is 5.95. The molecular weight excluding hydrogens is 290 g/mol. The second-order valence-corrected chi connectivity index (χ2v) is 5.64. The van der Waals surface area contributed by atoms with Gasteiger partial charge in [-0.15, -0.1) is 13.2 Å². The standard InChI is InChI=1S/C18H23N3O2/c1-3-11-21(12-4-2)17(22)15-7-9-16(10-8-15)20-18(23)19-13-14-5-6-14/h3-4,7-10,14H,1-2,5-6,11-13H2,(H2,19,20,23). The van der Waals surface area contributed by atoms with Crippen LogP contribution in [0.1, 0.15) is 23.2 Å². The molecule has 1 fully saturated rings. The van der Waals surface area contributed by atoms with E-state index in [0.29, 0.717) is 30.3 Å². The molecule has 1 aliphatic rings. The van der Waals surface area contributed by atoms with Gasteiger partial charge in [0.2, 0.25) is 0 Å². The van der Waals surface area contributed by atoms with E-state index in [9.17, 15) is 9.59 Å². The molecule has 122 valence electrons. The van der Waals surface area contributed by atoms with Crippen LogP contribution in [0.4, 0.5) is 10.5 Å². The van der Waals surface area contributed by atoms with Crippen LogP contribution in [-0.4, -0.2) is 36.5 Å². The predicted molar refractivity (Wildman–Crippen MR) is 92.5 cm³/mol. The largest absolute Gasteiger partial charge is 0.338 e. The Morgan fingerprint density at radius 1 is 1.13 bits per heavy atom. The average molecular weight is 313 g/mol. The number of hydrogen-bond donors (Lipinski definition) is 2. The molecule has 1 aliphatic carbocycles. The number of urea groups is 1. The lowest BCUT2D eigenvalue weighted by Gasteiger charge is -2.19. The molecule has 2 rings (SSSR count). The summed E-state index contributed by atoms with van der Waals surface area (Å²) in [5, 5.41) is 5.60. The molecule has 0 saturated heterocycles. The molecule has 5 nitrogen and oxygen atoms in total. The van der Waals surface area contributed by atoms with Crippen molar-refractivity contribution < 1.29 is 9.59 Å². The van der Waals surface area contributed by atoms with E-state index in [2.05, 4.69) is 23.8 Å². The van der Waals surface area contributed by atoms with Crippen LogP contribution in [0.15, 0.2) is 49.6 Å². The number of rotatable bonds is 8. The SMILES string of the molecule is C=CCN(CC=C)C(=O)c1ccc(NC(=O)NCC2CC2)cc1. The number of carbonyl (C=O) groups excluding carboxylic acids is 2. The lowest BCUT2D eigenvalue weighted by atomic mass is 10.1.